The van der Waals surface area contributed by atoms with Crippen LogP contribution >= 0.6 is 0 Å². The Balaban J connectivity index is 1.35. The third-order valence-electron chi connectivity index (χ3n) is 5.28. The van der Waals surface area contributed by atoms with Crippen LogP contribution in [0.1, 0.15) is 28.8 Å². The molecule has 0 spiro atoms. The summed E-state index contributed by atoms with van der Waals surface area (Å²) in [6.45, 7) is 1.86. The summed E-state index contributed by atoms with van der Waals surface area (Å²) in [4.78, 5) is 40.1. The first-order chi connectivity index (χ1) is 15.3. The highest BCUT2D eigenvalue weighted by Crippen LogP contribution is 2.11. The van der Waals surface area contributed by atoms with Crippen LogP contribution in [0.5, 0.6) is 0 Å². The first kappa shape index (κ1) is 23.3. The second-order valence-corrected chi connectivity index (χ2v) is 7.55. The molecule has 6 nitrogen and oxygen atoms in total. The van der Waals surface area contributed by atoms with E-state index in [1.54, 1.807) is 21.9 Å². The predicted molar refractivity (Wildman–Crippen MR) is 111 cm³/mol. The van der Waals surface area contributed by atoms with Gasteiger partial charge in [-0.05, 0) is 36.2 Å². The van der Waals surface area contributed by atoms with Crippen LogP contribution in [0, 0.1) is 17.5 Å². The highest BCUT2D eigenvalue weighted by Gasteiger charge is 2.24. The van der Waals surface area contributed by atoms with Crippen molar-refractivity contribution in [2.75, 3.05) is 32.7 Å². The van der Waals surface area contributed by atoms with Gasteiger partial charge in [0.15, 0.2) is 0 Å². The van der Waals surface area contributed by atoms with Gasteiger partial charge in [0.05, 0.1) is 12.0 Å². The average Bonchev–Trinajstić information content (AvgIpc) is 2.78. The van der Waals surface area contributed by atoms with Gasteiger partial charge < -0.3 is 15.1 Å². The Bertz CT molecular complexity index is 974. The molecule has 2 aromatic rings. The first-order valence-electron chi connectivity index (χ1n) is 10.4. The van der Waals surface area contributed by atoms with Crippen LogP contribution in [0.2, 0.25) is 0 Å². The van der Waals surface area contributed by atoms with Gasteiger partial charge in [-0.1, -0.05) is 12.1 Å². The molecule has 0 aromatic heterocycles. The number of nitrogens with zero attached hydrogens (tertiary/aromatic N) is 2. The lowest BCUT2D eigenvalue weighted by atomic mass is 10.1. The lowest BCUT2D eigenvalue weighted by molar-refractivity contribution is -0.139. The standard InChI is InChI=1S/C23H24F3N3O3/c24-17-5-3-16(4-6-17)14-22(31)29-12-10-28(11-13-29)21(30)2-1-9-27-23(32)19-8-7-18(25)15-20(19)26/h3-8,15H,1-2,9-14H2,(H,27,32). The first-order valence-corrected chi connectivity index (χ1v) is 10.4. The van der Waals surface area contributed by atoms with E-state index in [2.05, 4.69) is 5.32 Å². The number of halogens is 3. The molecular weight excluding hydrogens is 423 g/mol. The van der Waals surface area contributed by atoms with E-state index in [-0.39, 0.29) is 42.6 Å². The summed E-state index contributed by atoms with van der Waals surface area (Å²) in [6.07, 6.45) is 0.759. The molecule has 1 fully saturated rings. The number of carbonyl (C=O) groups is 3. The Morgan fingerprint density at radius 2 is 1.41 bits per heavy atom. The highest BCUT2D eigenvalue weighted by atomic mass is 19.1. The van der Waals surface area contributed by atoms with Crippen LogP contribution < -0.4 is 5.32 Å². The summed E-state index contributed by atoms with van der Waals surface area (Å²) < 4.78 is 39.5. The average molecular weight is 447 g/mol. The Morgan fingerprint density at radius 1 is 0.812 bits per heavy atom. The number of hydrogen-bond donors (Lipinski definition) is 1. The van der Waals surface area contributed by atoms with Gasteiger partial charge in [-0.15, -0.1) is 0 Å². The number of nitrogens with one attached hydrogen (secondary N) is 1. The highest BCUT2D eigenvalue weighted by molar-refractivity contribution is 5.94. The van der Waals surface area contributed by atoms with E-state index < -0.39 is 17.5 Å². The van der Waals surface area contributed by atoms with Crippen LogP contribution in [-0.2, 0) is 16.0 Å². The molecule has 32 heavy (non-hydrogen) atoms. The van der Waals surface area contributed by atoms with Crippen LogP contribution in [0.15, 0.2) is 42.5 Å². The largest absolute Gasteiger partial charge is 0.352 e. The molecule has 170 valence electrons. The Morgan fingerprint density at radius 3 is 2.03 bits per heavy atom. The fourth-order valence-corrected chi connectivity index (χ4v) is 3.46. The third kappa shape index (κ3) is 6.32. The van der Waals surface area contributed by atoms with E-state index in [9.17, 15) is 27.6 Å². The van der Waals surface area contributed by atoms with E-state index in [1.807, 2.05) is 0 Å². The molecule has 0 atom stereocenters. The van der Waals surface area contributed by atoms with Crippen molar-refractivity contribution < 1.29 is 27.6 Å². The van der Waals surface area contributed by atoms with Gasteiger partial charge in [0.2, 0.25) is 11.8 Å². The second kappa shape index (κ2) is 10.8. The van der Waals surface area contributed by atoms with Crippen molar-refractivity contribution in [3.8, 4) is 0 Å². The summed E-state index contributed by atoms with van der Waals surface area (Å²) >= 11 is 0. The van der Waals surface area contributed by atoms with Crippen molar-refractivity contribution in [2.45, 2.75) is 19.3 Å². The molecule has 3 amide bonds. The van der Waals surface area contributed by atoms with Gasteiger partial charge in [0, 0.05) is 45.2 Å². The molecule has 1 saturated heterocycles. The minimum absolute atomic E-state index is 0.0700. The van der Waals surface area contributed by atoms with Gasteiger partial charge >= 0.3 is 0 Å². The fourth-order valence-electron chi connectivity index (χ4n) is 3.46. The van der Waals surface area contributed by atoms with Crippen molar-refractivity contribution in [2.24, 2.45) is 0 Å². The van der Waals surface area contributed by atoms with E-state index >= 15 is 0 Å². The maximum absolute atomic E-state index is 13.6. The van der Waals surface area contributed by atoms with Crippen LogP contribution in [-0.4, -0.2) is 60.2 Å². The molecular formula is C23H24F3N3O3. The minimum Gasteiger partial charge on any atom is -0.352 e. The summed E-state index contributed by atoms with van der Waals surface area (Å²) in [6, 6.07) is 8.51. The van der Waals surface area contributed by atoms with Gasteiger partial charge in [-0.2, -0.15) is 0 Å². The Labute approximate surface area is 184 Å². The van der Waals surface area contributed by atoms with E-state index in [0.717, 1.165) is 17.7 Å². The van der Waals surface area contributed by atoms with E-state index in [1.165, 1.54) is 12.1 Å². The van der Waals surface area contributed by atoms with E-state index in [0.29, 0.717) is 38.7 Å². The smallest absolute Gasteiger partial charge is 0.254 e. The molecule has 0 unspecified atom stereocenters. The quantitative estimate of drug-likeness (QED) is 0.664. The zero-order valence-electron chi connectivity index (χ0n) is 17.5. The maximum Gasteiger partial charge on any atom is 0.254 e. The van der Waals surface area contributed by atoms with Gasteiger partial charge in [-0.3, -0.25) is 14.4 Å². The number of carbonyl (C=O) groups excluding carboxylic acids is 3. The zero-order chi connectivity index (χ0) is 23.1. The topological polar surface area (TPSA) is 69.7 Å². The summed E-state index contributed by atoms with van der Waals surface area (Å²) in [5.74, 6) is -2.87. The van der Waals surface area contributed by atoms with Crippen molar-refractivity contribution in [3.63, 3.8) is 0 Å². The lowest BCUT2D eigenvalue weighted by Gasteiger charge is -2.35. The number of piperazine rings is 1. The molecule has 1 heterocycles. The van der Waals surface area contributed by atoms with Crippen molar-refractivity contribution in [3.05, 3.63) is 71.0 Å². The molecule has 3 rings (SSSR count). The summed E-state index contributed by atoms with van der Waals surface area (Å²) in [7, 11) is 0. The normalized spacial score (nSPS) is 13.7. The molecule has 0 saturated carbocycles. The van der Waals surface area contributed by atoms with E-state index in [4.69, 9.17) is 0 Å². The van der Waals surface area contributed by atoms with Crippen molar-refractivity contribution in [1.29, 1.82) is 0 Å². The van der Waals surface area contributed by atoms with Crippen molar-refractivity contribution in [1.82, 2.24) is 15.1 Å². The van der Waals surface area contributed by atoms with Gasteiger partial charge in [0.25, 0.3) is 5.91 Å². The third-order valence-corrected chi connectivity index (χ3v) is 5.28. The summed E-state index contributed by atoms with van der Waals surface area (Å²) in [5.41, 5.74) is 0.483. The van der Waals surface area contributed by atoms with Crippen LogP contribution in [0.3, 0.4) is 0 Å². The Kier molecular flexibility index (Phi) is 7.86. The molecule has 1 N–H and O–H groups in total. The summed E-state index contributed by atoms with van der Waals surface area (Å²) in [5, 5.41) is 2.52. The molecule has 1 aliphatic heterocycles. The van der Waals surface area contributed by atoms with Gasteiger partial charge in [0.1, 0.15) is 17.5 Å². The zero-order valence-corrected chi connectivity index (χ0v) is 17.5. The number of amides is 3. The molecule has 9 heteroatoms. The second-order valence-electron chi connectivity index (χ2n) is 7.55. The SMILES string of the molecule is O=C(NCCCC(=O)N1CCN(C(=O)Cc2ccc(F)cc2)CC1)c1ccc(F)cc1F. The monoisotopic (exact) mass is 447 g/mol. The number of rotatable bonds is 7. The minimum atomic E-state index is -0.939. The molecule has 2 aromatic carbocycles. The molecule has 0 bridgehead atoms. The van der Waals surface area contributed by atoms with Crippen LogP contribution in [0.25, 0.3) is 0 Å². The fraction of sp³-hybridized carbons (Fsp3) is 0.348. The predicted octanol–water partition coefficient (Wildman–Crippen LogP) is 2.53. The lowest BCUT2D eigenvalue weighted by Crippen LogP contribution is -2.51. The Hall–Kier alpha value is -3.36. The van der Waals surface area contributed by atoms with Gasteiger partial charge in [-0.25, -0.2) is 13.2 Å². The molecule has 0 radical (unpaired) electrons. The number of benzene rings is 2. The maximum atomic E-state index is 13.6. The van der Waals surface area contributed by atoms with Crippen molar-refractivity contribution >= 4 is 17.7 Å². The van der Waals surface area contributed by atoms with Crippen LogP contribution in [0.4, 0.5) is 13.2 Å². The molecule has 1 aliphatic rings. The molecule has 0 aliphatic carbocycles. The number of hydrogen-bond acceptors (Lipinski definition) is 3.